The fraction of sp³-hybridized carbons (Fsp3) is 0.333. The van der Waals surface area contributed by atoms with Gasteiger partial charge >= 0.3 is 12.3 Å². The fourth-order valence-corrected chi connectivity index (χ4v) is 3.99. The zero-order valence-corrected chi connectivity index (χ0v) is 19.8. The number of rotatable bonds is 9. The minimum Gasteiger partial charge on any atom is -0.370 e. The molecule has 3 N–H and O–H groups in total. The smallest absolute Gasteiger partial charge is 0.370 e. The van der Waals surface area contributed by atoms with Gasteiger partial charge in [-0.1, -0.05) is 11.6 Å². The normalized spacial score (nSPS) is 14.9. The number of nitrogens with one attached hydrogen (secondary N) is 3. The molecule has 0 unspecified atom stereocenters. The van der Waals surface area contributed by atoms with Crippen LogP contribution in [0, 0.1) is 0 Å². The molecule has 0 radical (unpaired) electrons. The highest BCUT2D eigenvalue weighted by atomic mass is 35.5. The van der Waals surface area contributed by atoms with Gasteiger partial charge in [-0.05, 0) is 36.4 Å². The van der Waals surface area contributed by atoms with Crippen LogP contribution < -0.4 is 20.9 Å². The quantitative estimate of drug-likeness (QED) is 0.415. The van der Waals surface area contributed by atoms with Crippen molar-refractivity contribution in [2.75, 3.05) is 36.5 Å². The Balaban J connectivity index is 1.71. The number of anilines is 2. The summed E-state index contributed by atoms with van der Waals surface area (Å²) in [6, 6.07) is 6.83. The Hall–Kier alpha value is -3.23. The molecular weight excluding hydrogens is 532 g/mol. The molecule has 3 rings (SSSR count). The van der Waals surface area contributed by atoms with Gasteiger partial charge in [-0.15, -0.1) is 11.3 Å². The van der Waals surface area contributed by atoms with E-state index >= 15 is 0 Å². The van der Waals surface area contributed by atoms with E-state index in [1.54, 1.807) is 5.32 Å². The number of amides is 4. The molecule has 1 aromatic carbocycles. The molecular formula is C21H19ClF4N4O5S. The van der Waals surface area contributed by atoms with Crippen molar-refractivity contribution in [3.63, 3.8) is 0 Å². The van der Waals surface area contributed by atoms with Crippen LogP contribution in [0.5, 0.6) is 0 Å². The maximum Gasteiger partial charge on any atom is 0.383 e. The molecule has 36 heavy (non-hydrogen) atoms. The van der Waals surface area contributed by atoms with Crippen molar-refractivity contribution in [1.82, 2.24) is 10.6 Å². The first-order valence-corrected chi connectivity index (χ1v) is 11.5. The average Bonchev–Trinajstić information content (AvgIpc) is 3.28. The molecule has 1 aliphatic rings. The summed E-state index contributed by atoms with van der Waals surface area (Å²) < 4.78 is 57.5. The Bertz CT molecular complexity index is 1130. The molecule has 0 bridgehead atoms. The minimum atomic E-state index is -5.06. The molecule has 1 fully saturated rings. The fourth-order valence-electron chi connectivity index (χ4n) is 3.03. The third-order valence-corrected chi connectivity index (χ3v) is 6.12. The molecule has 1 aliphatic heterocycles. The summed E-state index contributed by atoms with van der Waals surface area (Å²) in [4.78, 5) is 50.3. The summed E-state index contributed by atoms with van der Waals surface area (Å²) in [6.07, 6.45) is -4.31. The lowest BCUT2D eigenvalue weighted by molar-refractivity contribution is -0.170. The summed E-state index contributed by atoms with van der Waals surface area (Å²) >= 11 is 6.66. The first kappa shape index (κ1) is 27.4. The van der Waals surface area contributed by atoms with Crippen molar-refractivity contribution in [2.24, 2.45) is 0 Å². The molecule has 0 spiro atoms. The summed E-state index contributed by atoms with van der Waals surface area (Å²) in [5.41, 5.74) is 0.672. The van der Waals surface area contributed by atoms with Crippen molar-refractivity contribution >= 4 is 57.9 Å². The van der Waals surface area contributed by atoms with Gasteiger partial charge in [-0.2, -0.15) is 8.78 Å². The molecule has 194 valence electrons. The van der Waals surface area contributed by atoms with Crippen molar-refractivity contribution in [3.8, 4) is 0 Å². The highest BCUT2D eigenvalue weighted by molar-refractivity contribution is 7.18. The van der Waals surface area contributed by atoms with Crippen LogP contribution in [0.2, 0.25) is 4.34 Å². The number of hydrogen-bond donors (Lipinski definition) is 3. The molecule has 9 nitrogen and oxygen atoms in total. The molecule has 2 heterocycles. The topological polar surface area (TPSA) is 117 Å². The molecule has 1 atom stereocenters. The predicted molar refractivity (Wildman–Crippen MR) is 123 cm³/mol. The molecule has 2 aromatic rings. The lowest BCUT2D eigenvalue weighted by Crippen LogP contribution is -2.56. The van der Waals surface area contributed by atoms with Gasteiger partial charge in [-0.25, -0.2) is 8.78 Å². The number of carbonyl (C=O) groups is 4. The zero-order valence-electron chi connectivity index (χ0n) is 18.2. The number of carbonyl (C=O) groups excluding carboxylic acids is 4. The second-order valence-electron chi connectivity index (χ2n) is 7.40. The van der Waals surface area contributed by atoms with E-state index in [0.717, 1.165) is 11.3 Å². The van der Waals surface area contributed by atoms with Gasteiger partial charge in [-0.3, -0.25) is 19.2 Å². The highest BCUT2D eigenvalue weighted by Crippen LogP contribution is 2.24. The third kappa shape index (κ3) is 6.71. The Morgan fingerprint density at radius 2 is 1.83 bits per heavy atom. The Morgan fingerprint density at radius 1 is 1.14 bits per heavy atom. The Labute approximate surface area is 210 Å². The van der Waals surface area contributed by atoms with Crippen LogP contribution in [-0.4, -0.2) is 68.3 Å². The van der Waals surface area contributed by atoms with Crippen LogP contribution >= 0.6 is 22.9 Å². The van der Waals surface area contributed by atoms with E-state index in [0.29, 0.717) is 23.2 Å². The van der Waals surface area contributed by atoms with Crippen LogP contribution in [0.1, 0.15) is 9.67 Å². The van der Waals surface area contributed by atoms with Gasteiger partial charge in [0.25, 0.3) is 17.7 Å². The molecule has 15 heteroatoms. The first-order valence-electron chi connectivity index (χ1n) is 10.3. The number of thiophene rings is 1. The zero-order chi connectivity index (χ0) is 26.5. The van der Waals surface area contributed by atoms with Gasteiger partial charge in [0.1, 0.15) is 12.6 Å². The number of morpholine rings is 1. The number of alkyl halides is 4. The van der Waals surface area contributed by atoms with Crippen molar-refractivity contribution in [2.45, 2.75) is 18.4 Å². The van der Waals surface area contributed by atoms with Crippen LogP contribution in [0.3, 0.4) is 0 Å². The summed E-state index contributed by atoms with van der Waals surface area (Å²) in [5.74, 6) is -9.49. The van der Waals surface area contributed by atoms with Crippen LogP contribution in [0.15, 0.2) is 36.4 Å². The molecule has 1 saturated heterocycles. The summed E-state index contributed by atoms with van der Waals surface area (Å²) in [5, 5.41) is 6.18. The lowest BCUT2D eigenvalue weighted by Gasteiger charge is -2.27. The van der Waals surface area contributed by atoms with Gasteiger partial charge in [0.2, 0.25) is 5.91 Å². The van der Waals surface area contributed by atoms with Gasteiger partial charge in [0.05, 0.1) is 15.8 Å². The van der Waals surface area contributed by atoms with Crippen molar-refractivity contribution in [1.29, 1.82) is 0 Å². The van der Waals surface area contributed by atoms with E-state index < -0.39 is 42.7 Å². The maximum absolute atomic E-state index is 13.5. The van der Waals surface area contributed by atoms with Gasteiger partial charge in [0.15, 0.2) is 0 Å². The number of halogens is 5. The van der Waals surface area contributed by atoms with Crippen LogP contribution in [0.25, 0.3) is 0 Å². The maximum atomic E-state index is 13.5. The summed E-state index contributed by atoms with van der Waals surface area (Å²) in [7, 11) is 0. The van der Waals surface area contributed by atoms with E-state index in [4.69, 9.17) is 16.3 Å². The number of hydrogen-bond acceptors (Lipinski definition) is 6. The number of benzene rings is 1. The highest BCUT2D eigenvalue weighted by Gasteiger charge is 2.50. The molecule has 4 amide bonds. The van der Waals surface area contributed by atoms with E-state index in [-0.39, 0.29) is 23.1 Å². The van der Waals surface area contributed by atoms with Crippen LogP contribution in [0.4, 0.5) is 28.9 Å². The van der Waals surface area contributed by atoms with E-state index in [9.17, 15) is 36.7 Å². The van der Waals surface area contributed by atoms with Crippen LogP contribution in [-0.2, 0) is 19.1 Å². The molecule has 1 aromatic heterocycles. The average molecular weight is 551 g/mol. The predicted octanol–water partition coefficient (Wildman–Crippen LogP) is 2.52. The standard InChI is InChI=1S/C21H19ClF4N4O5S/c22-15-6-5-14(36-15)18(33)27-9-13(29-20(34)21(25,26)19(23)24)17(32)28-11-1-3-12(4-2-11)30-7-8-35-10-16(30)31/h1-6,13,19H,7-10H2,(H,27,33)(H,28,32)(H,29,34)/t13-/m0/s1. The van der Waals surface area contributed by atoms with Crippen molar-refractivity contribution in [3.05, 3.63) is 45.6 Å². The SMILES string of the molecule is O=C(NC[C@H](NC(=O)C(F)(F)C(F)F)C(=O)Nc1ccc(N2CCOCC2=O)cc1)c1ccc(Cl)s1. The minimum absolute atomic E-state index is 0.0769. The van der Waals surface area contributed by atoms with Crippen molar-refractivity contribution < 1.29 is 41.5 Å². The number of nitrogens with zero attached hydrogens (tertiary/aromatic N) is 1. The van der Waals surface area contributed by atoms with E-state index in [1.165, 1.54) is 41.3 Å². The second kappa shape index (κ2) is 11.7. The largest absolute Gasteiger partial charge is 0.383 e. The number of ether oxygens (including phenoxy) is 1. The van der Waals surface area contributed by atoms with Gasteiger partial charge < -0.3 is 25.6 Å². The van der Waals surface area contributed by atoms with E-state index in [1.807, 2.05) is 0 Å². The Kier molecular flexibility index (Phi) is 8.87. The first-order chi connectivity index (χ1) is 17.0. The second-order valence-corrected chi connectivity index (χ2v) is 9.11. The Morgan fingerprint density at radius 3 is 2.42 bits per heavy atom. The van der Waals surface area contributed by atoms with Gasteiger partial charge in [0, 0.05) is 24.5 Å². The van der Waals surface area contributed by atoms with E-state index in [2.05, 4.69) is 10.6 Å². The summed E-state index contributed by atoms with van der Waals surface area (Å²) in [6.45, 7) is -0.0947. The third-order valence-electron chi connectivity index (χ3n) is 4.89. The monoisotopic (exact) mass is 550 g/mol. The molecule has 0 aliphatic carbocycles. The molecule has 0 saturated carbocycles. The lowest BCUT2D eigenvalue weighted by atomic mass is 10.2.